The molecule has 0 radical (unpaired) electrons. The number of hydrogen-bond acceptors (Lipinski definition) is 4. The predicted molar refractivity (Wildman–Crippen MR) is 122 cm³/mol. The Morgan fingerprint density at radius 1 is 0.941 bits per heavy atom. The third-order valence-corrected chi connectivity index (χ3v) is 5.17. The lowest BCUT2D eigenvalue weighted by atomic mass is 9.81. The Labute approximate surface area is 194 Å². The minimum Gasteiger partial charge on any atom is -0.439 e. The maximum atomic E-state index is 13.1. The first kappa shape index (κ1) is 23.0. The van der Waals surface area contributed by atoms with Crippen LogP contribution in [0.4, 0.5) is 13.2 Å². The van der Waals surface area contributed by atoms with E-state index in [2.05, 4.69) is 4.98 Å². The van der Waals surface area contributed by atoms with Gasteiger partial charge < -0.3 is 9.47 Å². The third kappa shape index (κ3) is 5.61. The molecule has 0 fully saturated rings. The number of alkyl halides is 3. The molecule has 0 saturated heterocycles. The van der Waals surface area contributed by atoms with E-state index in [4.69, 9.17) is 9.47 Å². The lowest BCUT2D eigenvalue weighted by molar-refractivity contribution is -0.140. The van der Waals surface area contributed by atoms with Crippen molar-refractivity contribution in [3.05, 3.63) is 114 Å². The minimum absolute atomic E-state index is 0.0156. The highest BCUT2D eigenvalue weighted by molar-refractivity contribution is 5.85. The summed E-state index contributed by atoms with van der Waals surface area (Å²) in [5.74, 6) is 0.236. The number of benzene rings is 2. The largest absolute Gasteiger partial charge is 0.439 e. The first-order valence-corrected chi connectivity index (χ1v) is 10.5. The van der Waals surface area contributed by atoms with E-state index in [1.54, 1.807) is 24.3 Å². The summed E-state index contributed by atoms with van der Waals surface area (Å²) in [6, 6.07) is 17.9. The molecule has 7 heteroatoms. The molecule has 0 bridgehead atoms. The van der Waals surface area contributed by atoms with Gasteiger partial charge in [-0.15, -0.1) is 0 Å². The maximum absolute atomic E-state index is 13.1. The van der Waals surface area contributed by atoms with Gasteiger partial charge in [0.25, 0.3) is 0 Å². The molecule has 4 nitrogen and oxygen atoms in total. The van der Waals surface area contributed by atoms with Gasteiger partial charge in [0.15, 0.2) is 0 Å². The van der Waals surface area contributed by atoms with Crippen molar-refractivity contribution >= 4 is 12.0 Å². The van der Waals surface area contributed by atoms with Gasteiger partial charge in [-0.1, -0.05) is 66.8 Å². The molecule has 172 valence electrons. The van der Waals surface area contributed by atoms with Crippen molar-refractivity contribution in [2.45, 2.75) is 12.6 Å². The van der Waals surface area contributed by atoms with E-state index in [9.17, 15) is 18.0 Å². The Hall–Kier alpha value is -4.13. The molecule has 1 atom stereocenters. The molecule has 2 aromatic carbocycles. The molecule has 0 aliphatic heterocycles. The van der Waals surface area contributed by atoms with Crippen LogP contribution in [0.2, 0.25) is 0 Å². The van der Waals surface area contributed by atoms with Crippen molar-refractivity contribution in [1.82, 2.24) is 4.98 Å². The normalized spacial score (nSPS) is 17.6. The number of nitrogens with zero attached hydrogens (tertiary/aromatic N) is 1. The highest BCUT2D eigenvalue weighted by Gasteiger charge is 2.35. The number of carbonyl (C=O) groups is 1. The van der Waals surface area contributed by atoms with Gasteiger partial charge in [0, 0.05) is 12.3 Å². The zero-order valence-electron chi connectivity index (χ0n) is 17.9. The van der Waals surface area contributed by atoms with Crippen LogP contribution in [-0.2, 0) is 11.0 Å². The van der Waals surface area contributed by atoms with E-state index in [0.29, 0.717) is 24.1 Å². The Morgan fingerprint density at radius 2 is 1.68 bits per heavy atom. The molecule has 0 spiro atoms. The predicted octanol–water partition coefficient (Wildman–Crippen LogP) is 7.01. The fraction of sp³-hybridized carbons (Fsp3) is 0.111. The average Bonchev–Trinajstić information content (AvgIpc) is 2.85. The monoisotopic (exact) mass is 463 g/mol. The topological polar surface area (TPSA) is 48.4 Å². The number of rotatable bonds is 6. The highest BCUT2D eigenvalue weighted by atomic mass is 19.4. The van der Waals surface area contributed by atoms with Crippen molar-refractivity contribution in [2.24, 2.45) is 5.41 Å². The summed E-state index contributed by atoms with van der Waals surface area (Å²) < 4.78 is 49.1. The summed E-state index contributed by atoms with van der Waals surface area (Å²) in [6.45, 7) is 0. The number of halogens is 3. The smallest absolute Gasteiger partial charge is 0.417 e. The number of allylic oxidation sites excluding steroid dienone is 3. The Morgan fingerprint density at radius 3 is 2.29 bits per heavy atom. The van der Waals surface area contributed by atoms with Gasteiger partial charge in [0.2, 0.25) is 5.88 Å². The molecular weight excluding hydrogens is 443 g/mol. The third-order valence-electron chi connectivity index (χ3n) is 5.17. The molecule has 1 heterocycles. The van der Waals surface area contributed by atoms with E-state index < -0.39 is 23.1 Å². The molecule has 4 rings (SSSR count). The average molecular weight is 463 g/mol. The summed E-state index contributed by atoms with van der Waals surface area (Å²) in [4.78, 5) is 16.8. The number of pyridine rings is 1. The summed E-state index contributed by atoms with van der Waals surface area (Å²) in [7, 11) is 0. The molecule has 1 unspecified atom stereocenters. The molecule has 1 aliphatic carbocycles. The maximum Gasteiger partial charge on any atom is 0.417 e. The van der Waals surface area contributed by atoms with Crippen LogP contribution in [0, 0.1) is 5.41 Å². The molecule has 1 aliphatic rings. The number of ether oxygens (including phenoxy) is 2. The number of carbonyl (C=O) groups excluding carboxylic acids is 1. The summed E-state index contributed by atoms with van der Waals surface area (Å²) in [5, 5.41) is 0. The first-order chi connectivity index (χ1) is 16.3. The molecule has 0 N–H and O–H groups in total. The zero-order valence-corrected chi connectivity index (χ0v) is 17.9. The quantitative estimate of drug-likeness (QED) is 0.291. The summed E-state index contributed by atoms with van der Waals surface area (Å²) >= 11 is 0. The molecule has 34 heavy (non-hydrogen) atoms. The van der Waals surface area contributed by atoms with Crippen molar-refractivity contribution in [3.63, 3.8) is 0 Å². The van der Waals surface area contributed by atoms with Crippen LogP contribution in [0.15, 0.2) is 103 Å². The van der Waals surface area contributed by atoms with Gasteiger partial charge in [-0.05, 0) is 42.3 Å². The fourth-order valence-corrected chi connectivity index (χ4v) is 3.30. The molecule has 0 saturated carbocycles. The lowest BCUT2D eigenvalue weighted by Crippen LogP contribution is -2.31. The fourth-order valence-electron chi connectivity index (χ4n) is 3.30. The van der Waals surface area contributed by atoms with Gasteiger partial charge in [0.05, 0.1) is 5.56 Å². The van der Waals surface area contributed by atoms with Crippen molar-refractivity contribution in [1.29, 1.82) is 0 Å². The van der Waals surface area contributed by atoms with E-state index in [1.165, 1.54) is 0 Å². The number of esters is 1. The van der Waals surface area contributed by atoms with E-state index in [0.717, 1.165) is 17.7 Å². The second-order valence-electron chi connectivity index (χ2n) is 7.62. The SMILES string of the molecule is O=C(Oc1ccc(Oc2ccc(C(F)(F)F)cn2)cc1)C1(C=Cc2ccccc2)C=CC=CC1. The second kappa shape index (κ2) is 9.79. The van der Waals surface area contributed by atoms with Gasteiger partial charge in [0.1, 0.15) is 16.9 Å². The summed E-state index contributed by atoms with van der Waals surface area (Å²) in [5.41, 5.74) is -0.829. The second-order valence-corrected chi connectivity index (χ2v) is 7.62. The van der Waals surface area contributed by atoms with Crippen molar-refractivity contribution < 1.29 is 27.4 Å². The molecule has 1 aromatic heterocycles. The van der Waals surface area contributed by atoms with Crippen LogP contribution >= 0.6 is 0 Å². The van der Waals surface area contributed by atoms with Crippen molar-refractivity contribution in [3.8, 4) is 17.4 Å². The minimum atomic E-state index is -4.46. The van der Waals surface area contributed by atoms with Crippen LogP contribution in [0.3, 0.4) is 0 Å². The summed E-state index contributed by atoms with van der Waals surface area (Å²) in [6.07, 6.45) is 7.84. The van der Waals surface area contributed by atoms with E-state index in [-0.39, 0.29) is 5.88 Å². The van der Waals surface area contributed by atoms with Crippen LogP contribution in [0.1, 0.15) is 17.5 Å². The number of hydrogen-bond donors (Lipinski definition) is 0. The standard InChI is InChI=1S/C27H20F3NO3/c28-27(29,30)21-9-14-24(31-19-21)33-22-10-12-23(13-11-22)34-25(32)26(16-5-2-6-17-26)18-15-20-7-3-1-4-8-20/h1-16,18-19H,17H2. The Bertz CT molecular complexity index is 1210. The number of aromatic nitrogens is 1. The van der Waals surface area contributed by atoms with Gasteiger partial charge in [-0.2, -0.15) is 13.2 Å². The molecular formula is C27H20F3NO3. The lowest BCUT2D eigenvalue weighted by Gasteiger charge is -2.25. The van der Waals surface area contributed by atoms with Gasteiger partial charge >= 0.3 is 12.1 Å². The van der Waals surface area contributed by atoms with Crippen LogP contribution in [0.5, 0.6) is 17.4 Å². The molecule has 3 aromatic rings. The van der Waals surface area contributed by atoms with Gasteiger partial charge in [-0.3, -0.25) is 4.79 Å². The van der Waals surface area contributed by atoms with Crippen LogP contribution in [-0.4, -0.2) is 11.0 Å². The van der Waals surface area contributed by atoms with Crippen molar-refractivity contribution in [2.75, 3.05) is 0 Å². The first-order valence-electron chi connectivity index (χ1n) is 10.5. The zero-order chi connectivity index (χ0) is 24.0. The Balaban J connectivity index is 1.44. The van der Waals surface area contributed by atoms with Crippen LogP contribution in [0.25, 0.3) is 6.08 Å². The van der Waals surface area contributed by atoms with E-state index in [1.807, 2.05) is 66.8 Å². The molecule has 0 amide bonds. The van der Waals surface area contributed by atoms with Gasteiger partial charge in [-0.25, -0.2) is 4.98 Å². The Kier molecular flexibility index (Phi) is 6.63. The van der Waals surface area contributed by atoms with E-state index >= 15 is 0 Å². The van der Waals surface area contributed by atoms with Crippen LogP contribution < -0.4 is 9.47 Å². The highest BCUT2D eigenvalue weighted by Crippen LogP contribution is 2.34.